The highest BCUT2D eigenvalue weighted by Gasteiger charge is 2.08. The average molecular weight is 351 g/mol. The second kappa shape index (κ2) is 7.33. The number of benzene rings is 2. The van der Waals surface area contributed by atoms with Crippen molar-refractivity contribution in [3.8, 4) is 0 Å². The van der Waals surface area contributed by atoms with Crippen molar-refractivity contribution in [2.24, 2.45) is 0 Å². The van der Waals surface area contributed by atoms with Crippen LogP contribution in [0.4, 0.5) is 10.1 Å². The van der Waals surface area contributed by atoms with E-state index in [0.717, 1.165) is 10.0 Å². The molecule has 0 aliphatic heterocycles. The summed E-state index contributed by atoms with van der Waals surface area (Å²) in [5, 5.41) is 5.86. The zero-order valence-electron chi connectivity index (χ0n) is 11.6. The van der Waals surface area contributed by atoms with Crippen LogP contribution in [0.2, 0.25) is 0 Å². The van der Waals surface area contributed by atoms with Gasteiger partial charge in [-0.05, 0) is 48.9 Å². The van der Waals surface area contributed by atoms with Gasteiger partial charge < -0.3 is 10.6 Å². The van der Waals surface area contributed by atoms with E-state index in [1.807, 2.05) is 31.2 Å². The van der Waals surface area contributed by atoms with Crippen molar-refractivity contribution in [3.05, 3.63) is 64.4 Å². The second-order valence-corrected chi connectivity index (χ2v) is 5.63. The van der Waals surface area contributed by atoms with Gasteiger partial charge in [-0.15, -0.1) is 0 Å². The molecule has 1 atom stereocenters. The largest absolute Gasteiger partial charge is 0.325 e. The Labute approximate surface area is 131 Å². The van der Waals surface area contributed by atoms with Gasteiger partial charge >= 0.3 is 0 Å². The summed E-state index contributed by atoms with van der Waals surface area (Å²) in [6.07, 6.45) is 0. The monoisotopic (exact) mass is 350 g/mol. The van der Waals surface area contributed by atoms with Crippen LogP contribution in [0, 0.1) is 5.82 Å². The third kappa shape index (κ3) is 4.95. The molecule has 0 aliphatic carbocycles. The number of hydrogen-bond donors (Lipinski definition) is 2. The summed E-state index contributed by atoms with van der Waals surface area (Å²) in [5.41, 5.74) is 1.68. The van der Waals surface area contributed by atoms with Gasteiger partial charge in [-0.1, -0.05) is 28.1 Å². The van der Waals surface area contributed by atoms with Crippen molar-refractivity contribution in [2.75, 3.05) is 11.9 Å². The van der Waals surface area contributed by atoms with Crippen molar-refractivity contribution < 1.29 is 9.18 Å². The van der Waals surface area contributed by atoms with E-state index in [1.165, 1.54) is 24.3 Å². The molecule has 2 N–H and O–H groups in total. The van der Waals surface area contributed by atoms with Crippen LogP contribution in [0.25, 0.3) is 0 Å². The molecular weight excluding hydrogens is 335 g/mol. The highest BCUT2D eigenvalue weighted by Crippen LogP contribution is 2.17. The Morgan fingerprint density at radius 2 is 1.95 bits per heavy atom. The van der Waals surface area contributed by atoms with Crippen molar-refractivity contribution in [1.82, 2.24) is 5.32 Å². The molecule has 2 rings (SSSR count). The van der Waals surface area contributed by atoms with Gasteiger partial charge in [-0.3, -0.25) is 4.79 Å². The quantitative estimate of drug-likeness (QED) is 0.859. The van der Waals surface area contributed by atoms with Gasteiger partial charge in [0, 0.05) is 16.2 Å². The number of amides is 1. The molecule has 0 heterocycles. The first-order valence-electron chi connectivity index (χ1n) is 6.59. The molecule has 110 valence electrons. The average Bonchev–Trinajstić information content (AvgIpc) is 2.47. The van der Waals surface area contributed by atoms with Gasteiger partial charge in [0.2, 0.25) is 5.91 Å². The van der Waals surface area contributed by atoms with Gasteiger partial charge in [0.15, 0.2) is 0 Å². The molecule has 0 saturated heterocycles. The Morgan fingerprint density at radius 1 is 1.24 bits per heavy atom. The Bertz CT molecular complexity index is 616. The molecule has 1 amide bonds. The molecule has 0 spiro atoms. The van der Waals surface area contributed by atoms with E-state index < -0.39 is 0 Å². The molecule has 2 aromatic carbocycles. The second-order valence-electron chi connectivity index (χ2n) is 4.71. The van der Waals surface area contributed by atoms with Gasteiger partial charge in [-0.25, -0.2) is 4.39 Å². The van der Waals surface area contributed by atoms with Crippen molar-refractivity contribution in [3.63, 3.8) is 0 Å². The van der Waals surface area contributed by atoms with Crippen LogP contribution >= 0.6 is 15.9 Å². The number of carbonyl (C=O) groups excluding carboxylic acids is 1. The Hall–Kier alpha value is -1.72. The maximum atomic E-state index is 12.8. The highest BCUT2D eigenvalue weighted by molar-refractivity contribution is 9.10. The van der Waals surface area contributed by atoms with E-state index >= 15 is 0 Å². The molecular formula is C16H16BrFN2O. The summed E-state index contributed by atoms with van der Waals surface area (Å²) < 4.78 is 13.8. The van der Waals surface area contributed by atoms with Crippen LogP contribution in [-0.4, -0.2) is 12.5 Å². The van der Waals surface area contributed by atoms with Crippen LogP contribution < -0.4 is 10.6 Å². The third-order valence-electron chi connectivity index (χ3n) is 3.05. The van der Waals surface area contributed by atoms with E-state index in [4.69, 9.17) is 0 Å². The van der Waals surface area contributed by atoms with Gasteiger partial charge in [0.25, 0.3) is 0 Å². The van der Waals surface area contributed by atoms with Crippen LogP contribution in [0.3, 0.4) is 0 Å². The number of anilines is 1. The molecule has 2 aromatic rings. The smallest absolute Gasteiger partial charge is 0.238 e. The fourth-order valence-corrected chi connectivity index (χ4v) is 2.29. The predicted molar refractivity (Wildman–Crippen MR) is 85.6 cm³/mol. The molecule has 3 nitrogen and oxygen atoms in total. The summed E-state index contributed by atoms with van der Waals surface area (Å²) in [4.78, 5) is 11.8. The van der Waals surface area contributed by atoms with E-state index in [2.05, 4.69) is 26.6 Å². The summed E-state index contributed by atoms with van der Waals surface area (Å²) in [7, 11) is 0. The molecule has 21 heavy (non-hydrogen) atoms. The normalized spacial score (nSPS) is 12.0. The first-order valence-corrected chi connectivity index (χ1v) is 7.38. The molecule has 0 radical (unpaired) electrons. The summed E-state index contributed by atoms with van der Waals surface area (Å²) in [6.45, 7) is 2.18. The Kier molecular flexibility index (Phi) is 5.47. The van der Waals surface area contributed by atoms with Crippen molar-refractivity contribution in [2.45, 2.75) is 13.0 Å². The van der Waals surface area contributed by atoms with Crippen LogP contribution in [-0.2, 0) is 4.79 Å². The first-order chi connectivity index (χ1) is 10.0. The van der Waals surface area contributed by atoms with Crippen molar-refractivity contribution in [1.29, 1.82) is 0 Å². The maximum Gasteiger partial charge on any atom is 0.238 e. The van der Waals surface area contributed by atoms with E-state index in [9.17, 15) is 9.18 Å². The molecule has 0 bridgehead atoms. The fourth-order valence-electron chi connectivity index (χ4n) is 1.88. The maximum absolute atomic E-state index is 12.8. The number of carbonyl (C=O) groups is 1. The van der Waals surface area contributed by atoms with Crippen LogP contribution in [0.5, 0.6) is 0 Å². The van der Waals surface area contributed by atoms with E-state index in [-0.39, 0.29) is 24.3 Å². The number of halogens is 2. The lowest BCUT2D eigenvalue weighted by Gasteiger charge is -2.14. The summed E-state index contributed by atoms with van der Waals surface area (Å²) in [6, 6.07) is 13.7. The lowest BCUT2D eigenvalue weighted by Crippen LogP contribution is -2.30. The van der Waals surface area contributed by atoms with E-state index in [0.29, 0.717) is 5.69 Å². The third-order valence-corrected chi connectivity index (χ3v) is 3.54. The van der Waals surface area contributed by atoms with Gasteiger partial charge in [0.1, 0.15) is 5.82 Å². The zero-order chi connectivity index (χ0) is 15.2. The standard InChI is InChI=1S/C16H16BrFN2O/c1-11(12-3-2-4-13(17)9-12)19-10-16(21)20-15-7-5-14(18)6-8-15/h2-9,11,19H,10H2,1H3,(H,20,21)/t11-/m0/s1. The van der Waals surface area contributed by atoms with E-state index in [1.54, 1.807) is 0 Å². The lowest BCUT2D eigenvalue weighted by molar-refractivity contribution is -0.115. The topological polar surface area (TPSA) is 41.1 Å². The number of nitrogens with one attached hydrogen (secondary N) is 2. The minimum Gasteiger partial charge on any atom is -0.325 e. The minimum absolute atomic E-state index is 0.0569. The zero-order valence-corrected chi connectivity index (χ0v) is 13.2. The van der Waals surface area contributed by atoms with Gasteiger partial charge in [0.05, 0.1) is 6.54 Å². The summed E-state index contributed by atoms with van der Waals surface area (Å²) in [5.74, 6) is -0.488. The SMILES string of the molecule is C[C@H](NCC(=O)Nc1ccc(F)cc1)c1cccc(Br)c1. The number of hydrogen-bond acceptors (Lipinski definition) is 2. The predicted octanol–water partition coefficient (Wildman–Crippen LogP) is 3.88. The molecule has 0 unspecified atom stereocenters. The molecule has 0 fully saturated rings. The molecule has 0 aliphatic rings. The van der Waals surface area contributed by atoms with Crippen LogP contribution in [0.15, 0.2) is 53.0 Å². The highest BCUT2D eigenvalue weighted by atomic mass is 79.9. The minimum atomic E-state index is -0.325. The summed E-state index contributed by atoms with van der Waals surface area (Å²) >= 11 is 3.42. The molecule has 0 saturated carbocycles. The Morgan fingerprint density at radius 3 is 2.62 bits per heavy atom. The van der Waals surface area contributed by atoms with Crippen molar-refractivity contribution >= 4 is 27.5 Å². The number of rotatable bonds is 5. The lowest BCUT2D eigenvalue weighted by atomic mass is 10.1. The van der Waals surface area contributed by atoms with Crippen LogP contribution in [0.1, 0.15) is 18.5 Å². The molecule has 5 heteroatoms. The molecule has 0 aromatic heterocycles. The first kappa shape index (κ1) is 15.7. The fraction of sp³-hybridized carbons (Fsp3) is 0.188. The Balaban J connectivity index is 1.84. The van der Waals surface area contributed by atoms with Gasteiger partial charge in [-0.2, -0.15) is 0 Å².